The van der Waals surface area contributed by atoms with E-state index in [4.69, 9.17) is 15.6 Å². The maximum absolute atomic E-state index is 12.0. The van der Waals surface area contributed by atoms with Gasteiger partial charge in [0.15, 0.2) is 11.3 Å². The number of nitrogens with two attached hydrogens (primary N) is 1. The maximum atomic E-state index is 12.0. The summed E-state index contributed by atoms with van der Waals surface area (Å²) in [6.45, 7) is 3.06. The normalized spacial score (nSPS) is 11.7. The van der Waals surface area contributed by atoms with Crippen molar-refractivity contribution in [1.82, 2.24) is 0 Å². The predicted octanol–water partition coefficient (Wildman–Crippen LogP) is 2.37. The van der Waals surface area contributed by atoms with Gasteiger partial charge >= 0.3 is 5.97 Å². The highest BCUT2D eigenvalue weighted by molar-refractivity contribution is 7.86. The minimum atomic E-state index is -5.32. The molecule has 12 nitrogen and oxygen atoms in total. The number of aromatic carboxylic acids is 1. The van der Waals surface area contributed by atoms with E-state index in [0.717, 1.165) is 12.1 Å². The van der Waals surface area contributed by atoms with Gasteiger partial charge in [0.2, 0.25) is 0 Å². The first-order chi connectivity index (χ1) is 17.1. The Morgan fingerprint density at radius 3 is 2.00 bits per heavy atom. The quantitative estimate of drug-likeness (QED) is 0.191. The Balaban J connectivity index is 0.000000886. The third-order valence-electron chi connectivity index (χ3n) is 4.92. The number of Topliss-reactive ketones (excluding diaryl/α,β-unsaturated/α-hetero) is 1. The average Bonchev–Trinajstić information content (AvgIpc) is 2.75. The van der Waals surface area contributed by atoms with Crippen molar-refractivity contribution in [2.24, 2.45) is 0 Å². The van der Waals surface area contributed by atoms with Crippen LogP contribution in [0.25, 0.3) is 33.4 Å². The van der Waals surface area contributed by atoms with E-state index >= 15 is 0 Å². The number of hydrogen-bond donors (Lipinski definition) is 3. The molecule has 4 N–H and O–H groups in total. The highest BCUT2D eigenvalue weighted by Gasteiger charge is 2.28. The molecule has 0 saturated heterocycles. The van der Waals surface area contributed by atoms with Crippen molar-refractivity contribution in [3.63, 3.8) is 0 Å². The number of rotatable bonds is 4. The highest BCUT2D eigenvalue weighted by Crippen LogP contribution is 2.45. The topological polar surface area (TPSA) is 232 Å². The van der Waals surface area contributed by atoms with Gasteiger partial charge in [0.25, 0.3) is 0 Å². The zero-order chi connectivity index (χ0) is 27.9. The van der Waals surface area contributed by atoms with Crippen LogP contribution < -0.4 is 11.1 Å². The molecule has 14 heteroatoms. The van der Waals surface area contributed by atoms with Gasteiger partial charge in [-0.2, -0.15) is 0 Å². The van der Waals surface area contributed by atoms with Crippen LogP contribution in [0.3, 0.4) is 0 Å². The molecule has 0 unspecified atom stereocenters. The molecule has 0 radical (unpaired) electrons. The molecule has 0 bridgehead atoms. The third kappa shape index (κ3) is 5.36. The number of nitrogens with one attached hydrogen (secondary N) is 1. The van der Waals surface area contributed by atoms with Crippen molar-refractivity contribution >= 4 is 48.6 Å². The molecule has 194 valence electrons. The van der Waals surface area contributed by atoms with E-state index in [9.17, 15) is 40.6 Å². The fourth-order valence-corrected chi connectivity index (χ4v) is 5.12. The molecule has 1 aliphatic carbocycles. The number of benzene rings is 3. The fraction of sp³-hybridized carbons (Fsp3) is 0.0870. The molecule has 0 aromatic heterocycles. The summed E-state index contributed by atoms with van der Waals surface area (Å²) in [6, 6.07) is 10.2. The largest absolute Gasteiger partial charge is 0.744 e. The van der Waals surface area contributed by atoms with Gasteiger partial charge in [-0.15, -0.1) is 0 Å². The van der Waals surface area contributed by atoms with Crippen LogP contribution in [0, 0.1) is 5.41 Å². The second kappa shape index (κ2) is 9.74. The predicted molar refractivity (Wildman–Crippen MR) is 128 cm³/mol. The average molecular weight is 547 g/mol. The molecule has 0 amide bonds. The number of carbonyl (C=O) groups is 2. The summed E-state index contributed by atoms with van der Waals surface area (Å²) >= 11 is 0. The lowest BCUT2D eigenvalue weighted by Gasteiger charge is -2.22. The van der Waals surface area contributed by atoms with Crippen molar-refractivity contribution in [3.8, 4) is 22.5 Å². The van der Waals surface area contributed by atoms with Crippen LogP contribution in [0.4, 0.5) is 5.69 Å². The van der Waals surface area contributed by atoms with Crippen LogP contribution in [0.1, 0.15) is 24.2 Å². The van der Waals surface area contributed by atoms with E-state index in [2.05, 4.69) is 0 Å². The number of anilines is 1. The lowest BCUT2D eigenvalue weighted by Crippen LogP contribution is -2.17. The first-order valence-corrected chi connectivity index (χ1v) is 13.0. The maximum Gasteiger partial charge on any atom is 0.336 e. The van der Waals surface area contributed by atoms with E-state index < -0.39 is 58.4 Å². The van der Waals surface area contributed by atoms with E-state index in [0.29, 0.717) is 0 Å². The van der Waals surface area contributed by atoms with Crippen molar-refractivity contribution in [1.29, 1.82) is 5.41 Å². The van der Waals surface area contributed by atoms with Crippen LogP contribution in [-0.4, -0.2) is 42.8 Å². The minimum absolute atomic E-state index is 0.0156. The zero-order valence-corrected chi connectivity index (χ0v) is 20.8. The number of fused-ring (bicyclic) bond motifs is 2. The van der Waals surface area contributed by atoms with Gasteiger partial charge in [-0.3, -0.25) is 5.41 Å². The molecular formula is C23H18N2O10S2-2. The summed E-state index contributed by atoms with van der Waals surface area (Å²) in [7, 11) is -10.6. The lowest BCUT2D eigenvalue weighted by atomic mass is 9.90. The summed E-state index contributed by atoms with van der Waals surface area (Å²) in [4.78, 5) is 19.2. The molecule has 37 heavy (non-hydrogen) atoms. The van der Waals surface area contributed by atoms with Crippen LogP contribution in [-0.2, 0) is 25.0 Å². The minimum Gasteiger partial charge on any atom is -0.744 e. The standard InChI is InChI=1S/C20H14N2O9S2.C3H6O/c21-13-7-5-11-15(9-3-1-2-4-10(9)20(23)24)12-6-8-14(22)19(33(28,29)30)17(12)31-16(11)18(13)32(25,26)27;1-3(2)4/h1-8,21H,22H2,(H,23,24)(H,25,26,27)(H,28,29,30);1-2H3/p-2. The van der Waals surface area contributed by atoms with Crippen molar-refractivity contribution in [2.45, 2.75) is 23.6 Å². The summed E-state index contributed by atoms with van der Waals surface area (Å²) in [5.74, 6) is -1.90. The summed E-state index contributed by atoms with van der Waals surface area (Å²) < 4.78 is 77.2. The molecule has 1 aliphatic heterocycles. The highest BCUT2D eigenvalue weighted by atomic mass is 32.2. The molecule has 2 aromatic carbocycles. The number of carbonyl (C=O) groups excluding carboxylic acids is 1. The SMILES string of the molecule is CC(C)=O.N=c1ccc2c(-c3ccccc3C(=O)O)c3ccc(N)c(S(=O)(=O)[O-])c3oc-2c1S(=O)(=O)[O-]. The Morgan fingerprint density at radius 1 is 0.892 bits per heavy atom. The van der Waals surface area contributed by atoms with Gasteiger partial charge in [-0.25, -0.2) is 21.6 Å². The van der Waals surface area contributed by atoms with Gasteiger partial charge in [0.05, 0.1) is 16.6 Å². The Labute approximate surface area is 210 Å². The van der Waals surface area contributed by atoms with Gasteiger partial charge in [-0.05, 0) is 49.7 Å². The molecule has 2 aliphatic rings. The first-order valence-electron chi connectivity index (χ1n) is 10.1. The van der Waals surface area contributed by atoms with Gasteiger partial charge in [0.1, 0.15) is 35.8 Å². The van der Waals surface area contributed by atoms with Crippen LogP contribution >= 0.6 is 0 Å². The molecule has 0 spiro atoms. The van der Waals surface area contributed by atoms with Gasteiger partial charge < -0.3 is 29.2 Å². The monoisotopic (exact) mass is 546 g/mol. The van der Waals surface area contributed by atoms with Crippen LogP contribution in [0.2, 0.25) is 0 Å². The Hall–Kier alpha value is -4.11. The molecule has 0 saturated carbocycles. The molecule has 0 atom stereocenters. The number of nitrogen functional groups attached to an aromatic ring is 1. The second-order valence-electron chi connectivity index (χ2n) is 7.82. The van der Waals surface area contributed by atoms with Gasteiger partial charge in [-0.1, -0.05) is 18.2 Å². The Kier molecular flexibility index (Phi) is 7.23. The van der Waals surface area contributed by atoms with Crippen molar-refractivity contribution in [2.75, 3.05) is 5.73 Å². The van der Waals surface area contributed by atoms with E-state index in [-0.39, 0.29) is 33.4 Å². The number of hydrogen-bond acceptors (Lipinski definition) is 11. The smallest absolute Gasteiger partial charge is 0.336 e. The molecule has 1 heterocycles. The summed E-state index contributed by atoms with van der Waals surface area (Å²) in [5.41, 5.74) is 4.15. The lowest BCUT2D eigenvalue weighted by molar-refractivity contribution is -0.115. The zero-order valence-electron chi connectivity index (χ0n) is 19.1. The molecular weight excluding hydrogens is 528 g/mol. The number of carboxylic acid groups (broad SMARTS) is 1. The Morgan fingerprint density at radius 2 is 1.46 bits per heavy atom. The summed E-state index contributed by atoms with van der Waals surface area (Å²) in [6.07, 6.45) is 0. The third-order valence-corrected chi connectivity index (χ3v) is 6.75. The second-order valence-corrected chi connectivity index (χ2v) is 10.5. The van der Waals surface area contributed by atoms with Crippen LogP contribution in [0.5, 0.6) is 0 Å². The molecule has 2 aromatic rings. The first kappa shape index (κ1) is 27.5. The van der Waals surface area contributed by atoms with Crippen molar-refractivity contribution in [3.05, 3.63) is 59.5 Å². The number of carboxylic acids is 1. The molecule has 4 rings (SSSR count). The van der Waals surface area contributed by atoms with Crippen molar-refractivity contribution < 1.29 is 45.1 Å². The van der Waals surface area contributed by atoms with Crippen LogP contribution in [0.15, 0.2) is 62.7 Å². The Bertz CT molecular complexity index is 1820. The summed E-state index contributed by atoms with van der Waals surface area (Å²) in [5, 5.41) is 16.7. The van der Waals surface area contributed by atoms with E-state index in [1.54, 1.807) is 0 Å². The van der Waals surface area contributed by atoms with E-state index in [1.807, 2.05) is 0 Å². The van der Waals surface area contributed by atoms with E-state index in [1.165, 1.54) is 50.2 Å². The molecule has 0 fully saturated rings. The van der Waals surface area contributed by atoms with Gasteiger partial charge in [0, 0.05) is 16.5 Å². The fourth-order valence-electron chi connectivity index (χ4n) is 3.67. The number of ketones is 1.